The normalized spacial score (nSPS) is 10.9. The molecule has 0 fully saturated rings. The number of anilines is 1. The van der Waals surface area contributed by atoms with Crippen LogP contribution in [-0.4, -0.2) is 19.1 Å². The highest BCUT2D eigenvalue weighted by molar-refractivity contribution is 14.1. The zero-order valence-electron chi connectivity index (χ0n) is 13.8. The average Bonchev–Trinajstić information content (AvgIpc) is 2.56. The van der Waals surface area contributed by atoms with Gasteiger partial charge in [-0.1, -0.05) is 12.1 Å². The summed E-state index contributed by atoms with van der Waals surface area (Å²) in [6.45, 7) is 2.02. The number of ether oxygens (including phenoxy) is 1. The molecule has 0 saturated heterocycles. The molecule has 0 bridgehead atoms. The summed E-state index contributed by atoms with van der Waals surface area (Å²) in [4.78, 5) is 4.64. The summed E-state index contributed by atoms with van der Waals surface area (Å²) in [6.07, 6.45) is 2.58. The van der Waals surface area contributed by atoms with E-state index in [1.807, 2.05) is 20.2 Å². The number of hydrogen-bond donors (Lipinski definition) is 0. The predicted octanol–water partition coefficient (Wildman–Crippen LogP) is 5.07. The van der Waals surface area contributed by atoms with Gasteiger partial charge in [0.1, 0.15) is 17.1 Å². The molecule has 24 heavy (non-hydrogen) atoms. The molecule has 0 saturated carbocycles. The van der Waals surface area contributed by atoms with Crippen LogP contribution in [0.3, 0.4) is 0 Å². The Morgan fingerprint density at radius 1 is 1.17 bits per heavy atom. The van der Waals surface area contributed by atoms with Crippen LogP contribution in [0.15, 0.2) is 42.6 Å². The molecule has 0 aliphatic carbocycles. The first kappa shape index (κ1) is 17.0. The van der Waals surface area contributed by atoms with E-state index in [4.69, 9.17) is 4.74 Å². The minimum atomic E-state index is -0.218. The third-order valence-electron chi connectivity index (χ3n) is 4.00. The second kappa shape index (κ2) is 6.93. The molecule has 5 heteroatoms. The van der Waals surface area contributed by atoms with Gasteiger partial charge in [-0.3, -0.25) is 4.98 Å². The van der Waals surface area contributed by atoms with Gasteiger partial charge in [0.25, 0.3) is 0 Å². The van der Waals surface area contributed by atoms with Gasteiger partial charge in [0.05, 0.1) is 35.7 Å². The van der Waals surface area contributed by atoms with Crippen molar-refractivity contribution in [1.82, 2.24) is 4.98 Å². The highest BCUT2D eigenvalue weighted by Gasteiger charge is 2.14. The Kier molecular flexibility index (Phi) is 4.89. The smallest absolute Gasteiger partial charge is 0.148 e. The maximum absolute atomic E-state index is 13.1. The molecule has 0 radical (unpaired) electrons. The zero-order chi connectivity index (χ0) is 17.3. The van der Waals surface area contributed by atoms with Crippen molar-refractivity contribution < 1.29 is 9.13 Å². The molecule has 0 aliphatic rings. The van der Waals surface area contributed by atoms with Gasteiger partial charge in [-0.15, -0.1) is 0 Å². The number of nitrogens with zero attached hydrogens (tertiary/aromatic N) is 2. The van der Waals surface area contributed by atoms with Crippen molar-refractivity contribution in [1.29, 1.82) is 0 Å². The van der Waals surface area contributed by atoms with Crippen LogP contribution >= 0.6 is 22.9 Å². The summed E-state index contributed by atoms with van der Waals surface area (Å²) >= 11 is 2.26. The summed E-state index contributed by atoms with van der Waals surface area (Å²) in [5.41, 5.74) is 5.15. The van der Waals surface area contributed by atoms with Crippen molar-refractivity contribution in [2.75, 3.05) is 17.3 Å². The first-order valence-electron chi connectivity index (χ1n) is 7.59. The van der Waals surface area contributed by atoms with Crippen molar-refractivity contribution in [3.63, 3.8) is 0 Å². The van der Waals surface area contributed by atoms with Gasteiger partial charge in [0.15, 0.2) is 0 Å². The largest absolute Gasteiger partial charge is 0.494 e. The Bertz CT molecular complexity index is 879. The number of aryl methyl sites for hydroxylation is 1. The Morgan fingerprint density at radius 3 is 2.50 bits per heavy atom. The summed E-state index contributed by atoms with van der Waals surface area (Å²) in [6, 6.07) is 10.8. The van der Waals surface area contributed by atoms with Crippen molar-refractivity contribution in [2.24, 2.45) is 0 Å². The second-order valence-electron chi connectivity index (χ2n) is 5.77. The summed E-state index contributed by atoms with van der Waals surface area (Å²) in [5, 5.41) is 1.05. The van der Waals surface area contributed by atoms with E-state index in [0.717, 1.165) is 39.0 Å². The van der Waals surface area contributed by atoms with E-state index in [2.05, 4.69) is 43.1 Å². The molecule has 0 unspecified atom stereocenters. The Labute approximate surface area is 155 Å². The fraction of sp³-hybridized carbons (Fsp3) is 0.211. The molecular weight excluding hydrogens is 418 g/mol. The number of fused-ring (bicyclic) bond motifs is 1. The Morgan fingerprint density at radius 2 is 1.88 bits per heavy atom. The van der Waals surface area contributed by atoms with E-state index in [-0.39, 0.29) is 5.82 Å². The molecule has 0 aliphatic heterocycles. The fourth-order valence-electron chi connectivity index (χ4n) is 2.87. The SMILES string of the molecule is COc1c(C)cc(N(C)I)c2cc(Cc3ccc(F)cc3)cnc12. The van der Waals surface area contributed by atoms with Crippen LogP contribution in [0.4, 0.5) is 10.1 Å². The maximum Gasteiger partial charge on any atom is 0.148 e. The molecule has 1 aromatic heterocycles. The minimum Gasteiger partial charge on any atom is -0.494 e. The van der Waals surface area contributed by atoms with Gasteiger partial charge < -0.3 is 7.85 Å². The highest BCUT2D eigenvalue weighted by Crippen LogP contribution is 2.36. The van der Waals surface area contributed by atoms with Gasteiger partial charge in [0, 0.05) is 18.6 Å². The summed E-state index contributed by atoms with van der Waals surface area (Å²) in [5.74, 6) is 0.588. The quantitative estimate of drug-likeness (QED) is 0.422. The van der Waals surface area contributed by atoms with Gasteiger partial charge in [0.2, 0.25) is 0 Å². The van der Waals surface area contributed by atoms with Crippen LogP contribution in [-0.2, 0) is 6.42 Å². The van der Waals surface area contributed by atoms with Gasteiger partial charge >= 0.3 is 0 Å². The Balaban J connectivity index is 2.10. The summed E-state index contributed by atoms with van der Waals surface area (Å²) < 4.78 is 20.7. The van der Waals surface area contributed by atoms with Crippen molar-refractivity contribution in [3.05, 3.63) is 65.1 Å². The van der Waals surface area contributed by atoms with Crippen molar-refractivity contribution in [3.8, 4) is 5.75 Å². The van der Waals surface area contributed by atoms with Crippen LogP contribution in [0, 0.1) is 12.7 Å². The minimum absolute atomic E-state index is 0.218. The first-order chi connectivity index (χ1) is 11.5. The van der Waals surface area contributed by atoms with Gasteiger partial charge in [-0.25, -0.2) is 4.39 Å². The number of rotatable bonds is 4. The van der Waals surface area contributed by atoms with Gasteiger partial charge in [-0.05, 0) is 54.3 Å². The molecule has 1 heterocycles. The van der Waals surface area contributed by atoms with E-state index in [1.165, 1.54) is 12.1 Å². The molecule has 3 nitrogen and oxygen atoms in total. The molecule has 3 aromatic rings. The molecule has 124 valence electrons. The molecule has 0 amide bonds. The number of hydrogen-bond acceptors (Lipinski definition) is 3. The van der Waals surface area contributed by atoms with Crippen LogP contribution < -0.4 is 7.85 Å². The van der Waals surface area contributed by atoms with Gasteiger partial charge in [-0.2, -0.15) is 0 Å². The number of benzene rings is 2. The van der Waals surface area contributed by atoms with E-state index in [0.29, 0.717) is 6.42 Å². The number of aromatic nitrogens is 1. The molecule has 0 N–H and O–H groups in total. The molecule has 0 spiro atoms. The maximum atomic E-state index is 13.1. The van der Waals surface area contributed by atoms with E-state index in [9.17, 15) is 4.39 Å². The monoisotopic (exact) mass is 436 g/mol. The van der Waals surface area contributed by atoms with Crippen LogP contribution in [0.5, 0.6) is 5.75 Å². The van der Waals surface area contributed by atoms with E-state index in [1.54, 1.807) is 19.2 Å². The molecular formula is C19H18FIN2O. The molecule has 0 atom stereocenters. The lowest BCUT2D eigenvalue weighted by Crippen LogP contribution is -2.03. The van der Waals surface area contributed by atoms with Crippen LogP contribution in [0.1, 0.15) is 16.7 Å². The Hall–Kier alpha value is -1.89. The van der Waals surface area contributed by atoms with E-state index >= 15 is 0 Å². The number of halogens is 2. The molecule has 3 rings (SSSR count). The average molecular weight is 436 g/mol. The van der Waals surface area contributed by atoms with Crippen LogP contribution in [0.2, 0.25) is 0 Å². The summed E-state index contributed by atoms with van der Waals surface area (Å²) in [7, 11) is 3.68. The second-order valence-corrected chi connectivity index (χ2v) is 7.21. The lowest BCUT2D eigenvalue weighted by molar-refractivity contribution is 0.416. The standard InChI is InChI=1S/C19H18FIN2O/c1-12-8-17(23(2)21)16-10-14(11-22-18(16)19(12)24-3)9-13-4-6-15(20)7-5-13/h4-8,10-11H,9H2,1-3H3. The zero-order valence-corrected chi connectivity index (χ0v) is 16.0. The lowest BCUT2D eigenvalue weighted by Gasteiger charge is -2.17. The lowest BCUT2D eigenvalue weighted by atomic mass is 10.0. The van der Waals surface area contributed by atoms with E-state index < -0.39 is 0 Å². The number of pyridine rings is 1. The third kappa shape index (κ3) is 3.31. The molecule has 2 aromatic carbocycles. The predicted molar refractivity (Wildman–Crippen MR) is 105 cm³/mol. The van der Waals surface area contributed by atoms with Crippen LogP contribution in [0.25, 0.3) is 10.9 Å². The highest BCUT2D eigenvalue weighted by atomic mass is 127. The number of methoxy groups -OCH3 is 1. The third-order valence-corrected chi connectivity index (χ3v) is 4.52. The fourth-order valence-corrected chi connectivity index (χ4v) is 3.27. The topological polar surface area (TPSA) is 25.4 Å². The van der Waals surface area contributed by atoms with Crippen molar-refractivity contribution in [2.45, 2.75) is 13.3 Å². The first-order valence-corrected chi connectivity index (χ1v) is 8.56. The van der Waals surface area contributed by atoms with Crippen molar-refractivity contribution >= 4 is 39.5 Å².